The molecule has 0 saturated carbocycles. The zero-order valence-electron chi connectivity index (χ0n) is 17.0. The lowest BCUT2D eigenvalue weighted by molar-refractivity contribution is 0.0607. The van der Waals surface area contributed by atoms with Crippen LogP contribution in [0, 0.1) is 0 Å². The molecule has 0 aliphatic carbocycles. The number of aromatic nitrogens is 3. The molecule has 1 fully saturated rings. The van der Waals surface area contributed by atoms with Crippen LogP contribution in [-0.2, 0) is 11.3 Å². The normalized spacial score (nSPS) is 13.4. The van der Waals surface area contributed by atoms with E-state index in [0.717, 1.165) is 31.4 Å². The van der Waals surface area contributed by atoms with Crippen molar-refractivity contribution in [3.63, 3.8) is 0 Å². The van der Waals surface area contributed by atoms with Gasteiger partial charge < -0.3 is 20.3 Å². The molecule has 11 heteroatoms. The molecule has 0 radical (unpaired) electrons. The Morgan fingerprint density at radius 3 is 2.77 bits per heavy atom. The highest BCUT2D eigenvalue weighted by Gasteiger charge is 2.20. The van der Waals surface area contributed by atoms with Crippen molar-refractivity contribution in [2.75, 3.05) is 32.1 Å². The standard InChI is InChI=1S/C20H22N6O4S/c1-30-19(28)17-14(6-11-31-17)22-20(29)21-7-10-26-16-5-4-13(12-15(16)23-24-26)18(27)25-8-2-3-9-25/h4-6,11-12H,2-3,7-10H2,1H3,(H2,21,22,29). The largest absolute Gasteiger partial charge is 0.465 e. The number of ether oxygens (including phenoxy) is 1. The number of likely N-dealkylation sites (tertiary alicyclic amines) is 1. The van der Waals surface area contributed by atoms with E-state index in [1.807, 2.05) is 11.0 Å². The van der Waals surface area contributed by atoms with E-state index in [9.17, 15) is 14.4 Å². The van der Waals surface area contributed by atoms with Crippen LogP contribution >= 0.6 is 11.3 Å². The number of esters is 1. The van der Waals surface area contributed by atoms with Crippen LogP contribution < -0.4 is 10.6 Å². The van der Waals surface area contributed by atoms with Crippen molar-refractivity contribution in [3.05, 3.63) is 40.1 Å². The topological polar surface area (TPSA) is 118 Å². The van der Waals surface area contributed by atoms with Gasteiger partial charge in [0.25, 0.3) is 5.91 Å². The van der Waals surface area contributed by atoms with Crippen LogP contribution in [0.1, 0.15) is 32.9 Å². The van der Waals surface area contributed by atoms with Gasteiger partial charge >= 0.3 is 12.0 Å². The van der Waals surface area contributed by atoms with Crippen LogP contribution in [-0.4, -0.2) is 64.5 Å². The predicted octanol–water partition coefficient (Wildman–Crippen LogP) is 2.34. The number of amides is 3. The Morgan fingerprint density at radius 1 is 1.19 bits per heavy atom. The maximum absolute atomic E-state index is 12.5. The van der Waals surface area contributed by atoms with Crippen molar-refractivity contribution in [2.45, 2.75) is 19.4 Å². The van der Waals surface area contributed by atoms with Gasteiger partial charge in [-0.1, -0.05) is 5.21 Å². The summed E-state index contributed by atoms with van der Waals surface area (Å²) in [6, 6.07) is 6.57. The molecule has 1 aliphatic rings. The Morgan fingerprint density at radius 2 is 2.00 bits per heavy atom. The lowest BCUT2D eigenvalue weighted by Crippen LogP contribution is -2.32. The zero-order chi connectivity index (χ0) is 21.8. The number of urea groups is 1. The number of rotatable bonds is 6. The van der Waals surface area contributed by atoms with Crippen molar-refractivity contribution < 1.29 is 19.1 Å². The smallest absolute Gasteiger partial charge is 0.350 e. The minimum Gasteiger partial charge on any atom is -0.465 e. The van der Waals surface area contributed by atoms with Crippen LogP contribution in [0.15, 0.2) is 29.6 Å². The number of fused-ring (bicyclic) bond motifs is 1. The van der Waals surface area contributed by atoms with Gasteiger partial charge in [-0.05, 0) is 42.5 Å². The number of hydrogen-bond donors (Lipinski definition) is 2. The van der Waals surface area contributed by atoms with Crippen molar-refractivity contribution in [3.8, 4) is 0 Å². The lowest BCUT2D eigenvalue weighted by Gasteiger charge is -2.14. The number of anilines is 1. The van der Waals surface area contributed by atoms with Gasteiger partial charge in [0.1, 0.15) is 10.4 Å². The van der Waals surface area contributed by atoms with Gasteiger partial charge in [-0.25, -0.2) is 14.3 Å². The first-order valence-corrected chi connectivity index (χ1v) is 10.8. The Bertz CT molecular complexity index is 1120. The molecule has 1 aliphatic heterocycles. The Balaban J connectivity index is 1.34. The van der Waals surface area contributed by atoms with Crippen LogP contribution in [0.3, 0.4) is 0 Å². The molecule has 0 bridgehead atoms. The molecule has 3 heterocycles. The molecule has 3 aromatic rings. The third kappa shape index (κ3) is 4.50. The minimum absolute atomic E-state index is 0.0204. The summed E-state index contributed by atoms with van der Waals surface area (Å²) in [6.45, 7) is 2.29. The summed E-state index contributed by atoms with van der Waals surface area (Å²) in [5.41, 5.74) is 2.42. The Labute approximate surface area is 182 Å². The molecule has 1 saturated heterocycles. The number of methoxy groups -OCH3 is 1. The summed E-state index contributed by atoms with van der Waals surface area (Å²) in [5.74, 6) is -0.478. The van der Waals surface area contributed by atoms with Crippen LogP contribution in [0.5, 0.6) is 0 Å². The Hall–Kier alpha value is -3.47. The Kier molecular flexibility index (Phi) is 6.12. The average molecular weight is 443 g/mol. The lowest BCUT2D eigenvalue weighted by atomic mass is 10.1. The zero-order valence-corrected chi connectivity index (χ0v) is 17.8. The predicted molar refractivity (Wildman–Crippen MR) is 115 cm³/mol. The second kappa shape index (κ2) is 9.13. The highest BCUT2D eigenvalue weighted by molar-refractivity contribution is 7.12. The fraction of sp³-hybridized carbons (Fsp3) is 0.350. The number of thiophene rings is 1. The minimum atomic E-state index is -0.498. The second-order valence-electron chi connectivity index (χ2n) is 7.05. The summed E-state index contributed by atoms with van der Waals surface area (Å²) in [7, 11) is 1.29. The first-order valence-electron chi connectivity index (χ1n) is 9.90. The van der Waals surface area contributed by atoms with Crippen LogP contribution in [0.4, 0.5) is 10.5 Å². The third-order valence-corrected chi connectivity index (χ3v) is 5.94. The number of benzene rings is 1. The average Bonchev–Trinajstić information content (AvgIpc) is 3.54. The van der Waals surface area contributed by atoms with Gasteiger partial charge in [-0.3, -0.25) is 4.79 Å². The number of nitrogens with zero attached hydrogens (tertiary/aromatic N) is 4. The van der Waals surface area contributed by atoms with E-state index in [0.29, 0.717) is 34.7 Å². The van der Waals surface area contributed by atoms with Crippen molar-refractivity contribution >= 4 is 46.0 Å². The molecule has 2 aromatic heterocycles. The summed E-state index contributed by atoms with van der Waals surface area (Å²) >= 11 is 1.19. The second-order valence-corrected chi connectivity index (χ2v) is 7.97. The molecule has 31 heavy (non-hydrogen) atoms. The SMILES string of the molecule is COC(=O)c1sccc1NC(=O)NCCn1nnc2cc(C(=O)N3CCCC3)ccc21. The van der Waals surface area contributed by atoms with E-state index in [1.165, 1.54) is 18.4 Å². The van der Waals surface area contributed by atoms with Gasteiger partial charge in [0.05, 0.1) is 24.9 Å². The first-order chi connectivity index (χ1) is 15.1. The van der Waals surface area contributed by atoms with Gasteiger partial charge in [-0.2, -0.15) is 0 Å². The van der Waals surface area contributed by atoms with Gasteiger partial charge in [0.2, 0.25) is 0 Å². The molecule has 2 N–H and O–H groups in total. The molecule has 4 rings (SSSR count). The highest BCUT2D eigenvalue weighted by atomic mass is 32.1. The molecular formula is C20H22N6O4S. The summed E-state index contributed by atoms with van der Waals surface area (Å²) in [6.07, 6.45) is 2.09. The third-order valence-electron chi connectivity index (χ3n) is 5.05. The molecule has 1 aromatic carbocycles. The van der Waals surface area contributed by atoms with E-state index in [-0.39, 0.29) is 5.91 Å². The molecule has 162 valence electrons. The number of carbonyl (C=O) groups excluding carboxylic acids is 3. The van der Waals surface area contributed by atoms with Gasteiger partial charge in [0, 0.05) is 25.2 Å². The first kappa shape index (κ1) is 20.8. The molecule has 3 amide bonds. The van der Waals surface area contributed by atoms with Gasteiger partial charge in [-0.15, -0.1) is 16.4 Å². The summed E-state index contributed by atoms with van der Waals surface area (Å²) < 4.78 is 6.37. The number of carbonyl (C=O) groups is 3. The summed E-state index contributed by atoms with van der Waals surface area (Å²) in [4.78, 5) is 38.6. The van der Waals surface area contributed by atoms with E-state index < -0.39 is 12.0 Å². The fourth-order valence-electron chi connectivity index (χ4n) is 3.47. The van der Waals surface area contributed by atoms with Crippen LogP contribution in [0.2, 0.25) is 0 Å². The molecule has 0 unspecified atom stereocenters. The van der Waals surface area contributed by atoms with Crippen molar-refractivity contribution in [1.29, 1.82) is 0 Å². The monoisotopic (exact) mass is 442 g/mol. The number of hydrogen-bond acceptors (Lipinski definition) is 7. The van der Waals surface area contributed by atoms with E-state index in [4.69, 9.17) is 4.74 Å². The highest BCUT2D eigenvalue weighted by Crippen LogP contribution is 2.23. The van der Waals surface area contributed by atoms with E-state index >= 15 is 0 Å². The molecule has 0 spiro atoms. The van der Waals surface area contributed by atoms with Crippen LogP contribution in [0.25, 0.3) is 11.0 Å². The summed E-state index contributed by atoms with van der Waals surface area (Å²) in [5, 5.41) is 15.3. The maximum Gasteiger partial charge on any atom is 0.350 e. The maximum atomic E-state index is 12.5. The van der Waals surface area contributed by atoms with Crippen molar-refractivity contribution in [1.82, 2.24) is 25.2 Å². The van der Waals surface area contributed by atoms with Crippen molar-refractivity contribution in [2.24, 2.45) is 0 Å². The van der Waals surface area contributed by atoms with E-state index in [1.54, 1.807) is 28.3 Å². The molecule has 10 nitrogen and oxygen atoms in total. The van der Waals surface area contributed by atoms with E-state index in [2.05, 4.69) is 20.9 Å². The fourth-order valence-corrected chi connectivity index (χ4v) is 4.24. The molecule has 0 atom stereocenters. The molecular weight excluding hydrogens is 420 g/mol. The van der Waals surface area contributed by atoms with Gasteiger partial charge in [0.15, 0.2) is 0 Å². The number of nitrogens with one attached hydrogen (secondary N) is 2. The quantitative estimate of drug-likeness (QED) is 0.566.